The van der Waals surface area contributed by atoms with E-state index in [4.69, 9.17) is 16.3 Å². The van der Waals surface area contributed by atoms with Gasteiger partial charge in [0.05, 0.1) is 6.10 Å². The van der Waals surface area contributed by atoms with Crippen LogP contribution in [-0.4, -0.2) is 33.2 Å². The van der Waals surface area contributed by atoms with Gasteiger partial charge in [0.1, 0.15) is 0 Å². The molecule has 1 atom stereocenters. The molecule has 3 rings (SSSR count). The molecule has 1 aromatic heterocycles. The van der Waals surface area contributed by atoms with E-state index in [2.05, 4.69) is 10.2 Å². The van der Waals surface area contributed by atoms with Crippen LogP contribution in [0, 0.1) is 0 Å². The molecule has 6 heteroatoms. The summed E-state index contributed by atoms with van der Waals surface area (Å²) in [6.45, 7) is 0.889. The van der Waals surface area contributed by atoms with Gasteiger partial charge < -0.3 is 9.30 Å². The number of benzene rings is 1. The lowest BCUT2D eigenvalue weighted by Gasteiger charge is -2.08. The van der Waals surface area contributed by atoms with Crippen molar-refractivity contribution in [2.45, 2.75) is 24.1 Å². The van der Waals surface area contributed by atoms with Crippen molar-refractivity contribution in [2.24, 2.45) is 7.05 Å². The van der Waals surface area contributed by atoms with Gasteiger partial charge in [-0.25, -0.2) is 0 Å². The molecule has 0 radical (unpaired) electrons. The molecule has 0 N–H and O–H groups in total. The van der Waals surface area contributed by atoms with E-state index in [0.29, 0.717) is 6.10 Å². The Bertz CT molecular complexity index is 579. The van der Waals surface area contributed by atoms with Crippen LogP contribution in [0.4, 0.5) is 0 Å². The van der Waals surface area contributed by atoms with Crippen molar-refractivity contribution >= 4 is 23.4 Å². The number of thioether (sulfide) groups is 1. The van der Waals surface area contributed by atoms with Crippen LogP contribution < -0.4 is 0 Å². The summed E-state index contributed by atoms with van der Waals surface area (Å²) in [4.78, 5) is 0. The minimum Gasteiger partial charge on any atom is -0.377 e. The molecule has 20 heavy (non-hydrogen) atoms. The van der Waals surface area contributed by atoms with Crippen molar-refractivity contribution in [1.29, 1.82) is 0 Å². The third-order valence-corrected chi connectivity index (χ3v) is 4.76. The first-order valence-electron chi connectivity index (χ1n) is 6.64. The van der Waals surface area contributed by atoms with Gasteiger partial charge in [-0.3, -0.25) is 0 Å². The molecule has 1 aliphatic rings. The second-order valence-electron chi connectivity index (χ2n) is 4.82. The van der Waals surface area contributed by atoms with Crippen molar-refractivity contribution in [2.75, 3.05) is 12.4 Å². The zero-order valence-electron chi connectivity index (χ0n) is 11.3. The van der Waals surface area contributed by atoms with Crippen molar-refractivity contribution in [3.8, 4) is 11.4 Å². The molecule has 0 bridgehead atoms. The summed E-state index contributed by atoms with van der Waals surface area (Å²) in [5.74, 6) is 1.79. The number of hydrogen-bond acceptors (Lipinski definition) is 4. The Hall–Kier alpha value is -1.04. The van der Waals surface area contributed by atoms with Gasteiger partial charge >= 0.3 is 0 Å². The quantitative estimate of drug-likeness (QED) is 0.812. The molecular weight excluding hydrogens is 294 g/mol. The van der Waals surface area contributed by atoms with Crippen LogP contribution in [0.2, 0.25) is 5.02 Å². The molecule has 2 aromatic rings. The van der Waals surface area contributed by atoms with Crippen LogP contribution in [0.3, 0.4) is 0 Å². The molecule has 0 amide bonds. The SMILES string of the molecule is Cn1c(SCC2CCCO2)nnc1-c1ccc(Cl)cc1. The lowest BCUT2D eigenvalue weighted by molar-refractivity contribution is 0.129. The van der Waals surface area contributed by atoms with Crippen LogP contribution in [-0.2, 0) is 11.8 Å². The molecule has 1 saturated heterocycles. The predicted molar refractivity (Wildman–Crippen MR) is 81.1 cm³/mol. The molecule has 0 aliphatic carbocycles. The maximum absolute atomic E-state index is 5.91. The van der Waals surface area contributed by atoms with Gasteiger partial charge in [-0.2, -0.15) is 0 Å². The predicted octanol–water partition coefficient (Wildman–Crippen LogP) is 3.41. The fourth-order valence-corrected chi connectivity index (χ4v) is 3.34. The highest BCUT2D eigenvalue weighted by atomic mass is 35.5. The molecular formula is C14H16ClN3OS. The lowest BCUT2D eigenvalue weighted by Crippen LogP contribution is -2.08. The van der Waals surface area contributed by atoms with Crippen molar-refractivity contribution in [1.82, 2.24) is 14.8 Å². The van der Waals surface area contributed by atoms with Gasteiger partial charge in [0.2, 0.25) is 0 Å². The molecule has 1 unspecified atom stereocenters. The highest BCUT2D eigenvalue weighted by Gasteiger charge is 2.18. The van der Waals surface area contributed by atoms with Crippen molar-refractivity contribution in [3.63, 3.8) is 0 Å². The first kappa shape index (κ1) is 13.9. The van der Waals surface area contributed by atoms with Gasteiger partial charge in [-0.1, -0.05) is 23.4 Å². The van der Waals surface area contributed by atoms with Crippen LogP contribution in [0.25, 0.3) is 11.4 Å². The first-order chi connectivity index (χ1) is 9.74. The third kappa shape index (κ3) is 3.00. The van der Waals surface area contributed by atoms with E-state index < -0.39 is 0 Å². The molecule has 1 aromatic carbocycles. The Morgan fingerprint density at radius 1 is 1.35 bits per heavy atom. The standard InChI is InChI=1S/C14H16ClN3OS/c1-18-13(10-4-6-11(15)7-5-10)16-17-14(18)20-9-12-3-2-8-19-12/h4-7,12H,2-3,8-9H2,1H3. The number of nitrogens with zero attached hydrogens (tertiary/aromatic N) is 3. The highest BCUT2D eigenvalue weighted by Crippen LogP contribution is 2.26. The summed E-state index contributed by atoms with van der Waals surface area (Å²) < 4.78 is 7.64. The number of rotatable bonds is 4. The molecule has 1 aliphatic heterocycles. The zero-order chi connectivity index (χ0) is 13.9. The van der Waals surface area contributed by atoms with E-state index >= 15 is 0 Å². The summed E-state index contributed by atoms with van der Waals surface area (Å²) >= 11 is 7.61. The summed E-state index contributed by atoms with van der Waals surface area (Å²) in [6.07, 6.45) is 2.67. The molecule has 4 nitrogen and oxygen atoms in total. The molecule has 0 saturated carbocycles. The summed E-state index contributed by atoms with van der Waals surface area (Å²) in [6, 6.07) is 7.65. The minimum atomic E-state index is 0.357. The number of halogens is 1. The maximum atomic E-state index is 5.91. The van der Waals surface area contributed by atoms with E-state index in [-0.39, 0.29) is 0 Å². The fraction of sp³-hybridized carbons (Fsp3) is 0.429. The molecule has 2 heterocycles. The van der Waals surface area contributed by atoms with Crippen LogP contribution >= 0.6 is 23.4 Å². The minimum absolute atomic E-state index is 0.357. The average Bonchev–Trinajstić information content (AvgIpc) is 3.08. The number of hydrogen-bond donors (Lipinski definition) is 0. The number of ether oxygens (including phenoxy) is 1. The van der Waals surface area contributed by atoms with E-state index in [0.717, 1.165) is 40.3 Å². The van der Waals surface area contributed by atoms with E-state index in [9.17, 15) is 0 Å². The van der Waals surface area contributed by atoms with Crippen molar-refractivity contribution < 1.29 is 4.74 Å². The highest BCUT2D eigenvalue weighted by molar-refractivity contribution is 7.99. The zero-order valence-corrected chi connectivity index (χ0v) is 12.8. The smallest absolute Gasteiger partial charge is 0.191 e. The average molecular weight is 310 g/mol. The first-order valence-corrected chi connectivity index (χ1v) is 8.00. The van der Waals surface area contributed by atoms with E-state index in [1.807, 2.05) is 35.9 Å². The van der Waals surface area contributed by atoms with Crippen molar-refractivity contribution in [3.05, 3.63) is 29.3 Å². The summed E-state index contributed by atoms with van der Waals surface area (Å²) in [5.41, 5.74) is 1.02. The van der Waals surface area contributed by atoms with E-state index in [1.165, 1.54) is 6.42 Å². The van der Waals surface area contributed by atoms with Gasteiger partial charge in [0.15, 0.2) is 11.0 Å². The summed E-state index contributed by atoms with van der Waals surface area (Å²) in [7, 11) is 1.99. The Morgan fingerprint density at radius 3 is 2.85 bits per heavy atom. The fourth-order valence-electron chi connectivity index (χ4n) is 2.23. The maximum Gasteiger partial charge on any atom is 0.191 e. The van der Waals surface area contributed by atoms with Gasteiger partial charge in [0.25, 0.3) is 0 Å². The molecule has 0 spiro atoms. The Kier molecular flexibility index (Phi) is 4.29. The Balaban J connectivity index is 1.72. The molecule has 106 valence electrons. The lowest BCUT2D eigenvalue weighted by atomic mass is 10.2. The normalized spacial score (nSPS) is 18.6. The second-order valence-corrected chi connectivity index (χ2v) is 6.24. The van der Waals surface area contributed by atoms with Crippen LogP contribution in [0.1, 0.15) is 12.8 Å². The van der Waals surface area contributed by atoms with E-state index in [1.54, 1.807) is 11.8 Å². The van der Waals surface area contributed by atoms with Gasteiger partial charge in [0, 0.05) is 30.0 Å². The second kappa shape index (κ2) is 6.16. The monoisotopic (exact) mass is 309 g/mol. The molecule has 1 fully saturated rings. The van der Waals surface area contributed by atoms with Gasteiger partial charge in [-0.05, 0) is 37.1 Å². The summed E-state index contributed by atoms with van der Waals surface area (Å²) in [5, 5.41) is 10.2. The topological polar surface area (TPSA) is 39.9 Å². The Labute approximate surface area is 127 Å². The third-order valence-electron chi connectivity index (χ3n) is 3.36. The van der Waals surface area contributed by atoms with Gasteiger partial charge in [-0.15, -0.1) is 10.2 Å². The Morgan fingerprint density at radius 2 is 2.15 bits per heavy atom. The van der Waals surface area contributed by atoms with Crippen LogP contribution in [0.5, 0.6) is 0 Å². The van der Waals surface area contributed by atoms with Crippen LogP contribution in [0.15, 0.2) is 29.4 Å². The number of aromatic nitrogens is 3. The largest absolute Gasteiger partial charge is 0.377 e.